The van der Waals surface area contributed by atoms with Crippen molar-refractivity contribution >= 4 is 5.97 Å². The molecule has 0 aromatic carbocycles. The molecule has 0 heterocycles. The van der Waals surface area contributed by atoms with Crippen molar-refractivity contribution in [2.24, 2.45) is 0 Å². The quantitative estimate of drug-likeness (QED) is 0.696. The zero-order valence-corrected chi connectivity index (χ0v) is 9.82. The summed E-state index contributed by atoms with van der Waals surface area (Å²) in [5.74, 6) is -0.787. The zero-order chi connectivity index (χ0) is 11.5. The maximum atomic E-state index is 11.3. The van der Waals surface area contributed by atoms with Crippen LogP contribution in [0.4, 0.5) is 0 Å². The van der Waals surface area contributed by atoms with Gasteiger partial charge in [0.2, 0.25) is 0 Å². The SMILES string of the molecule is CCCN(C1CC1)C(C)(COC)C(=O)O. The Morgan fingerprint density at radius 2 is 2.20 bits per heavy atom. The van der Waals surface area contributed by atoms with E-state index in [1.807, 2.05) is 0 Å². The molecule has 1 aliphatic rings. The standard InChI is InChI=1S/C11H21NO3/c1-4-7-12(9-5-6-9)11(2,8-15-3)10(13)14/h9H,4-8H2,1-3H3,(H,13,14). The first-order valence-corrected chi connectivity index (χ1v) is 5.55. The molecule has 0 spiro atoms. The van der Waals surface area contributed by atoms with E-state index in [1.165, 1.54) is 0 Å². The van der Waals surface area contributed by atoms with E-state index in [0.29, 0.717) is 6.04 Å². The van der Waals surface area contributed by atoms with E-state index in [1.54, 1.807) is 14.0 Å². The van der Waals surface area contributed by atoms with Gasteiger partial charge in [-0.2, -0.15) is 0 Å². The molecule has 4 heteroatoms. The zero-order valence-electron chi connectivity index (χ0n) is 9.82. The smallest absolute Gasteiger partial charge is 0.326 e. The third kappa shape index (κ3) is 2.69. The Hall–Kier alpha value is -0.610. The number of carboxylic acid groups (broad SMARTS) is 1. The number of nitrogens with zero attached hydrogens (tertiary/aromatic N) is 1. The molecule has 4 nitrogen and oxygen atoms in total. The molecule has 1 unspecified atom stereocenters. The summed E-state index contributed by atoms with van der Waals surface area (Å²) in [5.41, 5.74) is -0.869. The molecule has 1 aliphatic carbocycles. The molecule has 0 aliphatic heterocycles. The van der Waals surface area contributed by atoms with E-state index in [0.717, 1.165) is 25.8 Å². The second kappa shape index (κ2) is 4.94. The maximum Gasteiger partial charge on any atom is 0.326 e. The minimum absolute atomic E-state index is 0.249. The number of methoxy groups -OCH3 is 1. The predicted molar refractivity (Wildman–Crippen MR) is 57.9 cm³/mol. The summed E-state index contributed by atoms with van der Waals surface area (Å²) in [5, 5.41) is 9.32. The highest BCUT2D eigenvalue weighted by Gasteiger charge is 2.45. The summed E-state index contributed by atoms with van der Waals surface area (Å²) < 4.78 is 5.05. The molecule has 1 saturated carbocycles. The first kappa shape index (κ1) is 12.5. The fraction of sp³-hybridized carbons (Fsp3) is 0.909. The monoisotopic (exact) mass is 215 g/mol. The van der Waals surface area contributed by atoms with Gasteiger partial charge < -0.3 is 9.84 Å². The largest absolute Gasteiger partial charge is 0.480 e. The van der Waals surface area contributed by atoms with Crippen molar-refractivity contribution in [2.75, 3.05) is 20.3 Å². The van der Waals surface area contributed by atoms with E-state index >= 15 is 0 Å². The summed E-state index contributed by atoms with van der Waals surface area (Å²) in [6, 6.07) is 0.446. The molecule has 1 atom stereocenters. The third-order valence-corrected chi connectivity index (χ3v) is 2.97. The van der Waals surface area contributed by atoms with Crippen LogP contribution in [0.5, 0.6) is 0 Å². The molecule has 0 radical (unpaired) electrons. The van der Waals surface area contributed by atoms with Crippen LogP contribution >= 0.6 is 0 Å². The molecular weight excluding hydrogens is 194 g/mol. The Balaban J connectivity index is 2.77. The van der Waals surface area contributed by atoms with E-state index in [2.05, 4.69) is 11.8 Å². The Bertz CT molecular complexity index is 228. The Morgan fingerprint density at radius 3 is 2.53 bits per heavy atom. The van der Waals surface area contributed by atoms with Crippen molar-refractivity contribution in [3.05, 3.63) is 0 Å². The topological polar surface area (TPSA) is 49.8 Å². The molecule has 0 aromatic rings. The lowest BCUT2D eigenvalue weighted by Gasteiger charge is -2.37. The lowest BCUT2D eigenvalue weighted by molar-refractivity contribution is -0.155. The highest BCUT2D eigenvalue weighted by atomic mass is 16.5. The first-order chi connectivity index (χ1) is 7.06. The van der Waals surface area contributed by atoms with Gasteiger partial charge in [-0.3, -0.25) is 9.69 Å². The van der Waals surface area contributed by atoms with Crippen molar-refractivity contribution in [2.45, 2.75) is 44.7 Å². The number of hydrogen-bond acceptors (Lipinski definition) is 3. The van der Waals surface area contributed by atoms with Gasteiger partial charge in [0, 0.05) is 13.2 Å². The molecular formula is C11H21NO3. The highest BCUT2D eigenvalue weighted by Crippen LogP contribution is 2.33. The van der Waals surface area contributed by atoms with E-state index in [4.69, 9.17) is 4.74 Å². The lowest BCUT2D eigenvalue weighted by Crippen LogP contribution is -2.56. The number of carbonyl (C=O) groups is 1. The van der Waals surface area contributed by atoms with Gasteiger partial charge in [-0.1, -0.05) is 6.92 Å². The van der Waals surface area contributed by atoms with Crippen LogP contribution in [0.2, 0.25) is 0 Å². The molecule has 0 amide bonds. The fourth-order valence-corrected chi connectivity index (χ4v) is 2.01. The Labute approximate surface area is 91.2 Å². The second-order valence-electron chi connectivity index (χ2n) is 4.44. The molecule has 1 rings (SSSR count). The van der Waals surface area contributed by atoms with Crippen molar-refractivity contribution in [3.63, 3.8) is 0 Å². The Kier molecular flexibility index (Phi) is 4.11. The summed E-state index contributed by atoms with van der Waals surface area (Å²) in [7, 11) is 1.55. The summed E-state index contributed by atoms with van der Waals surface area (Å²) >= 11 is 0. The summed E-state index contributed by atoms with van der Waals surface area (Å²) in [6.07, 6.45) is 3.21. The van der Waals surface area contributed by atoms with E-state index in [-0.39, 0.29) is 6.61 Å². The summed E-state index contributed by atoms with van der Waals surface area (Å²) in [6.45, 7) is 4.91. The molecule has 0 saturated heterocycles. The second-order valence-corrected chi connectivity index (χ2v) is 4.44. The minimum atomic E-state index is -0.869. The average Bonchev–Trinajstić information content (AvgIpc) is 2.97. The minimum Gasteiger partial charge on any atom is -0.480 e. The number of rotatable bonds is 7. The first-order valence-electron chi connectivity index (χ1n) is 5.55. The average molecular weight is 215 g/mol. The maximum absolute atomic E-state index is 11.3. The normalized spacial score (nSPS) is 20.3. The van der Waals surface area contributed by atoms with Crippen LogP contribution in [0.15, 0.2) is 0 Å². The van der Waals surface area contributed by atoms with Crippen LogP contribution in [-0.4, -0.2) is 47.8 Å². The fourth-order valence-electron chi connectivity index (χ4n) is 2.01. The molecule has 15 heavy (non-hydrogen) atoms. The van der Waals surface area contributed by atoms with Gasteiger partial charge in [0.15, 0.2) is 0 Å². The molecule has 1 fully saturated rings. The number of hydrogen-bond donors (Lipinski definition) is 1. The van der Waals surface area contributed by atoms with Gasteiger partial charge in [0.1, 0.15) is 5.54 Å². The van der Waals surface area contributed by atoms with Gasteiger partial charge in [-0.15, -0.1) is 0 Å². The van der Waals surface area contributed by atoms with E-state index < -0.39 is 11.5 Å². The van der Waals surface area contributed by atoms with Crippen LogP contribution in [0, 0.1) is 0 Å². The van der Waals surface area contributed by atoms with Crippen molar-refractivity contribution < 1.29 is 14.6 Å². The number of ether oxygens (including phenoxy) is 1. The number of aliphatic carboxylic acids is 1. The molecule has 88 valence electrons. The third-order valence-electron chi connectivity index (χ3n) is 2.97. The molecule has 1 N–H and O–H groups in total. The van der Waals surface area contributed by atoms with Crippen LogP contribution in [-0.2, 0) is 9.53 Å². The van der Waals surface area contributed by atoms with Crippen LogP contribution in [0.3, 0.4) is 0 Å². The number of carboxylic acids is 1. The van der Waals surface area contributed by atoms with E-state index in [9.17, 15) is 9.90 Å². The predicted octanol–water partition coefficient (Wildman–Crippen LogP) is 1.35. The van der Waals surface area contributed by atoms with Crippen molar-refractivity contribution in [3.8, 4) is 0 Å². The van der Waals surface area contributed by atoms with Crippen LogP contribution < -0.4 is 0 Å². The van der Waals surface area contributed by atoms with Gasteiger partial charge in [0.05, 0.1) is 6.61 Å². The highest BCUT2D eigenvalue weighted by molar-refractivity contribution is 5.78. The molecule has 0 aromatic heterocycles. The van der Waals surface area contributed by atoms with Crippen LogP contribution in [0.25, 0.3) is 0 Å². The van der Waals surface area contributed by atoms with Gasteiger partial charge in [0.25, 0.3) is 0 Å². The van der Waals surface area contributed by atoms with Crippen LogP contribution in [0.1, 0.15) is 33.1 Å². The summed E-state index contributed by atoms with van der Waals surface area (Å²) in [4.78, 5) is 13.4. The van der Waals surface area contributed by atoms with Crippen molar-refractivity contribution in [1.82, 2.24) is 4.90 Å². The Morgan fingerprint density at radius 1 is 1.60 bits per heavy atom. The van der Waals surface area contributed by atoms with Gasteiger partial charge >= 0.3 is 5.97 Å². The van der Waals surface area contributed by atoms with Gasteiger partial charge in [-0.25, -0.2) is 0 Å². The molecule has 0 bridgehead atoms. The van der Waals surface area contributed by atoms with Crippen molar-refractivity contribution in [1.29, 1.82) is 0 Å². The lowest BCUT2D eigenvalue weighted by atomic mass is 10.0. The van der Waals surface area contributed by atoms with Gasteiger partial charge in [-0.05, 0) is 32.7 Å².